The van der Waals surface area contributed by atoms with E-state index in [9.17, 15) is 0 Å². The van der Waals surface area contributed by atoms with Gasteiger partial charge in [-0.1, -0.05) is 12.1 Å². The summed E-state index contributed by atoms with van der Waals surface area (Å²) < 4.78 is 5.15. The molecule has 0 aromatic heterocycles. The first-order valence-corrected chi connectivity index (χ1v) is 5.70. The van der Waals surface area contributed by atoms with Crippen molar-refractivity contribution >= 4 is 17.3 Å². The summed E-state index contributed by atoms with van der Waals surface area (Å²) in [4.78, 5) is 0. The van der Waals surface area contributed by atoms with Crippen molar-refractivity contribution in [1.82, 2.24) is 10.6 Å². The maximum absolute atomic E-state index is 5.15. The maximum atomic E-state index is 5.15. The molecule has 0 amide bonds. The van der Waals surface area contributed by atoms with E-state index in [1.807, 2.05) is 24.3 Å². The average Bonchev–Trinajstić information content (AvgIpc) is 2.26. The number of rotatable bonds is 4. The van der Waals surface area contributed by atoms with Crippen molar-refractivity contribution in [1.29, 1.82) is 0 Å². The third kappa shape index (κ3) is 4.49. The van der Waals surface area contributed by atoms with Crippen LogP contribution >= 0.6 is 12.2 Å². The van der Waals surface area contributed by atoms with Gasteiger partial charge in [-0.3, -0.25) is 0 Å². The molecular weight excluding hydrogens is 220 g/mol. The van der Waals surface area contributed by atoms with Crippen molar-refractivity contribution < 1.29 is 4.74 Å². The average molecular weight is 238 g/mol. The Morgan fingerprint density at radius 3 is 2.81 bits per heavy atom. The predicted octanol–water partition coefficient (Wildman–Crippen LogP) is 2.07. The Morgan fingerprint density at radius 2 is 2.19 bits per heavy atom. The van der Waals surface area contributed by atoms with E-state index in [-0.39, 0.29) is 0 Å². The Kier molecular flexibility index (Phi) is 5.05. The lowest BCUT2D eigenvalue weighted by Crippen LogP contribution is -2.38. The molecule has 88 valence electrons. The first-order valence-electron chi connectivity index (χ1n) is 5.29. The number of thiocarbonyl (C=S) groups is 1. The number of methoxy groups -OCH3 is 1. The van der Waals surface area contributed by atoms with Gasteiger partial charge < -0.3 is 15.4 Å². The summed E-state index contributed by atoms with van der Waals surface area (Å²) in [5.41, 5.74) is 1.15. The second kappa shape index (κ2) is 6.33. The highest BCUT2D eigenvalue weighted by Crippen LogP contribution is 2.11. The van der Waals surface area contributed by atoms with Gasteiger partial charge in [0, 0.05) is 12.6 Å². The van der Waals surface area contributed by atoms with Gasteiger partial charge in [0.1, 0.15) is 5.75 Å². The molecule has 0 spiro atoms. The number of hydrogen-bond acceptors (Lipinski definition) is 2. The fourth-order valence-electron chi connectivity index (χ4n) is 1.28. The van der Waals surface area contributed by atoms with Crippen LogP contribution < -0.4 is 15.4 Å². The fraction of sp³-hybridized carbons (Fsp3) is 0.417. The molecule has 2 N–H and O–H groups in total. The molecular formula is C12H18N2OS. The molecule has 0 atom stereocenters. The third-order valence-electron chi connectivity index (χ3n) is 2.01. The molecule has 3 nitrogen and oxygen atoms in total. The van der Waals surface area contributed by atoms with Gasteiger partial charge in [-0.15, -0.1) is 0 Å². The molecule has 0 aliphatic carbocycles. The van der Waals surface area contributed by atoms with Crippen LogP contribution in [0.15, 0.2) is 24.3 Å². The molecule has 0 saturated carbocycles. The van der Waals surface area contributed by atoms with Crippen LogP contribution in [-0.2, 0) is 6.54 Å². The molecule has 0 bridgehead atoms. The second-order valence-corrected chi connectivity index (χ2v) is 4.24. The van der Waals surface area contributed by atoms with E-state index in [0.29, 0.717) is 17.7 Å². The summed E-state index contributed by atoms with van der Waals surface area (Å²) in [5.74, 6) is 0.863. The Balaban J connectivity index is 2.45. The van der Waals surface area contributed by atoms with Gasteiger partial charge in [0.05, 0.1) is 7.11 Å². The topological polar surface area (TPSA) is 33.3 Å². The van der Waals surface area contributed by atoms with Gasteiger partial charge in [-0.25, -0.2) is 0 Å². The summed E-state index contributed by atoms with van der Waals surface area (Å²) >= 11 is 5.14. The smallest absolute Gasteiger partial charge is 0.166 e. The van der Waals surface area contributed by atoms with Crippen LogP contribution in [-0.4, -0.2) is 18.3 Å². The molecule has 4 heteroatoms. The van der Waals surface area contributed by atoms with Gasteiger partial charge in [0.25, 0.3) is 0 Å². The van der Waals surface area contributed by atoms with Gasteiger partial charge in [-0.05, 0) is 43.8 Å². The molecule has 1 aromatic rings. The van der Waals surface area contributed by atoms with E-state index in [4.69, 9.17) is 17.0 Å². The van der Waals surface area contributed by atoms with Crippen molar-refractivity contribution in [2.24, 2.45) is 0 Å². The molecule has 0 radical (unpaired) electrons. The van der Waals surface area contributed by atoms with E-state index in [1.165, 1.54) is 0 Å². The lowest BCUT2D eigenvalue weighted by atomic mass is 10.2. The number of hydrogen-bond donors (Lipinski definition) is 2. The zero-order chi connectivity index (χ0) is 12.0. The normalized spacial score (nSPS) is 10.0. The Hall–Kier alpha value is -1.29. The van der Waals surface area contributed by atoms with Crippen molar-refractivity contribution in [2.75, 3.05) is 7.11 Å². The van der Waals surface area contributed by atoms with E-state index >= 15 is 0 Å². The first kappa shape index (κ1) is 12.8. The lowest BCUT2D eigenvalue weighted by Gasteiger charge is -2.13. The predicted molar refractivity (Wildman–Crippen MR) is 70.7 cm³/mol. The summed E-state index contributed by atoms with van der Waals surface area (Å²) in [5, 5.41) is 6.96. The van der Waals surface area contributed by atoms with Crippen molar-refractivity contribution in [3.05, 3.63) is 29.8 Å². The van der Waals surface area contributed by atoms with Crippen LogP contribution in [0.3, 0.4) is 0 Å². The Bertz CT molecular complexity index is 353. The number of nitrogens with one attached hydrogen (secondary N) is 2. The molecule has 0 fully saturated rings. The summed E-state index contributed by atoms with van der Waals surface area (Å²) in [6.07, 6.45) is 0. The van der Waals surface area contributed by atoms with Crippen LogP contribution in [0.4, 0.5) is 0 Å². The largest absolute Gasteiger partial charge is 0.497 e. The molecule has 0 aliphatic heterocycles. The second-order valence-electron chi connectivity index (χ2n) is 3.83. The van der Waals surface area contributed by atoms with Gasteiger partial charge in [0.2, 0.25) is 0 Å². The summed E-state index contributed by atoms with van der Waals surface area (Å²) in [7, 11) is 1.66. The standard InChI is InChI=1S/C12H18N2OS/c1-9(2)14-12(16)13-8-10-5-4-6-11(7-10)15-3/h4-7,9H,8H2,1-3H3,(H2,13,14,16). The van der Waals surface area contributed by atoms with Gasteiger partial charge in [-0.2, -0.15) is 0 Å². The van der Waals surface area contributed by atoms with Crippen molar-refractivity contribution in [2.45, 2.75) is 26.4 Å². The van der Waals surface area contributed by atoms with Crippen molar-refractivity contribution in [3.8, 4) is 5.75 Å². The molecule has 0 aliphatic rings. The highest BCUT2D eigenvalue weighted by molar-refractivity contribution is 7.80. The highest BCUT2D eigenvalue weighted by atomic mass is 32.1. The zero-order valence-electron chi connectivity index (χ0n) is 9.91. The Labute approximate surface area is 102 Å². The molecule has 0 saturated heterocycles. The Morgan fingerprint density at radius 1 is 1.44 bits per heavy atom. The molecule has 0 unspecified atom stereocenters. The highest BCUT2D eigenvalue weighted by Gasteiger charge is 1.99. The van der Waals surface area contributed by atoms with Crippen LogP contribution in [0.25, 0.3) is 0 Å². The minimum Gasteiger partial charge on any atom is -0.497 e. The first-order chi connectivity index (χ1) is 7.61. The maximum Gasteiger partial charge on any atom is 0.166 e. The van der Waals surface area contributed by atoms with Crippen LogP contribution in [0.2, 0.25) is 0 Å². The van der Waals surface area contributed by atoms with Gasteiger partial charge in [0.15, 0.2) is 5.11 Å². The molecule has 16 heavy (non-hydrogen) atoms. The van der Waals surface area contributed by atoms with Crippen molar-refractivity contribution in [3.63, 3.8) is 0 Å². The molecule has 1 rings (SSSR count). The summed E-state index contributed by atoms with van der Waals surface area (Å²) in [6.45, 7) is 4.81. The quantitative estimate of drug-likeness (QED) is 0.787. The van der Waals surface area contributed by atoms with Crippen LogP contribution in [0.5, 0.6) is 5.75 Å². The molecule has 1 aromatic carbocycles. The van der Waals surface area contributed by atoms with E-state index in [1.54, 1.807) is 7.11 Å². The van der Waals surface area contributed by atoms with Crippen LogP contribution in [0, 0.1) is 0 Å². The van der Waals surface area contributed by atoms with E-state index in [0.717, 1.165) is 11.3 Å². The minimum absolute atomic E-state index is 0.352. The molecule has 0 heterocycles. The van der Waals surface area contributed by atoms with Crippen LogP contribution in [0.1, 0.15) is 19.4 Å². The lowest BCUT2D eigenvalue weighted by molar-refractivity contribution is 0.414. The number of ether oxygens (including phenoxy) is 1. The zero-order valence-corrected chi connectivity index (χ0v) is 10.7. The fourth-order valence-corrected chi connectivity index (χ4v) is 1.59. The minimum atomic E-state index is 0.352. The number of benzene rings is 1. The van der Waals surface area contributed by atoms with E-state index < -0.39 is 0 Å². The third-order valence-corrected chi connectivity index (χ3v) is 2.27. The monoisotopic (exact) mass is 238 g/mol. The van der Waals surface area contributed by atoms with E-state index in [2.05, 4.69) is 24.5 Å². The summed E-state index contributed by atoms with van der Waals surface area (Å²) in [6, 6.07) is 8.27. The van der Waals surface area contributed by atoms with Gasteiger partial charge >= 0.3 is 0 Å². The SMILES string of the molecule is COc1cccc(CNC(=S)NC(C)C)c1.